The van der Waals surface area contributed by atoms with Crippen LogP contribution >= 0.6 is 0 Å². The Balaban J connectivity index is 1.48. The van der Waals surface area contributed by atoms with E-state index in [2.05, 4.69) is 5.32 Å². The van der Waals surface area contributed by atoms with E-state index in [9.17, 15) is 14.0 Å². The number of esters is 1. The lowest BCUT2D eigenvalue weighted by atomic mass is 10.2. The van der Waals surface area contributed by atoms with Gasteiger partial charge in [-0.05, 0) is 29.8 Å². The molecule has 1 heterocycles. The van der Waals surface area contributed by atoms with Crippen LogP contribution in [0.3, 0.4) is 0 Å². The van der Waals surface area contributed by atoms with Gasteiger partial charge in [0.05, 0.1) is 12.7 Å². The first kappa shape index (κ1) is 17.5. The van der Waals surface area contributed by atoms with Crippen LogP contribution in [0.1, 0.15) is 15.9 Å². The Bertz CT molecular complexity index is 838. The molecule has 0 saturated carbocycles. The molecule has 2 aromatic rings. The summed E-state index contributed by atoms with van der Waals surface area (Å²) in [4.78, 5) is 23.7. The Morgan fingerprint density at radius 3 is 2.73 bits per heavy atom. The van der Waals surface area contributed by atoms with Crippen molar-refractivity contribution in [1.29, 1.82) is 0 Å². The number of amides is 1. The highest BCUT2D eigenvalue weighted by molar-refractivity contribution is 5.91. The fraction of sp³-hybridized carbons (Fsp3) is 0.222. The van der Waals surface area contributed by atoms with Gasteiger partial charge in [-0.3, -0.25) is 4.79 Å². The van der Waals surface area contributed by atoms with E-state index < -0.39 is 24.3 Å². The monoisotopic (exact) mass is 361 g/mol. The molecule has 0 fully saturated rings. The average Bonchev–Trinajstić information content (AvgIpc) is 3.12. The van der Waals surface area contributed by atoms with Gasteiger partial charge in [0.2, 0.25) is 6.79 Å². The van der Waals surface area contributed by atoms with Gasteiger partial charge in [-0.2, -0.15) is 0 Å². The highest BCUT2D eigenvalue weighted by atomic mass is 19.1. The SMILES string of the molecule is COc1ccc(C(=O)OCC(=O)NCc2ccc3c(c2)OCO3)c(F)c1. The molecule has 1 aliphatic rings. The number of carbonyl (C=O) groups is 2. The summed E-state index contributed by atoms with van der Waals surface area (Å²) in [6.45, 7) is -0.123. The Morgan fingerprint density at radius 2 is 1.96 bits per heavy atom. The normalized spacial score (nSPS) is 11.8. The zero-order chi connectivity index (χ0) is 18.5. The summed E-state index contributed by atoms with van der Waals surface area (Å²) in [5.41, 5.74) is 0.532. The van der Waals surface area contributed by atoms with E-state index >= 15 is 0 Å². The molecule has 0 unspecified atom stereocenters. The summed E-state index contributed by atoms with van der Waals surface area (Å²) < 4.78 is 33.9. The van der Waals surface area contributed by atoms with Gasteiger partial charge in [-0.25, -0.2) is 9.18 Å². The van der Waals surface area contributed by atoms with E-state index in [-0.39, 0.29) is 24.7 Å². The van der Waals surface area contributed by atoms with Gasteiger partial charge < -0.3 is 24.3 Å². The third-order valence-corrected chi connectivity index (χ3v) is 3.66. The van der Waals surface area contributed by atoms with Gasteiger partial charge in [-0.1, -0.05) is 6.07 Å². The van der Waals surface area contributed by atoms with Crippen LogP contribution in [-0.4, -0.2) is 32.4 Å². The summed E-state index contributed by atoms with van der Waals surface area (Å²) in [6, 6.07) is 9.01. The van der Waals surface area contributed by atoms with Crippen molar-refractivity contribution in [3.63, 3.8) is 0 Å². The topological polar surface area (TPSA) is 83.1 Å². The van der Waals surface area contributed by atoms with Crippen molar-refractivity contribution in [3.8, 4) is 17.2 Å². The molecule has 0 bridgehead atoms. The van der Waals surface area contributed by atoms with Gasteiger partial charge in [0.1, 0.15) is 11.6 Å². The molecule has 0 radical (unpaired) electrons. The molecule has 1 N–H and O–H groups in total. The zero-order valence-electron chi connectivity index (χ0n) is 13.9. The summed E-state index contributed by atoms with van der Waals surface area (Å²) in [5.74, 6) is -0.683. The van der Waals surface area contributed by atoms with Crippen LogP contribution in [0, 0.1) is 5.82 Å². The molecule has 8 heteroatoms. The molecule has 1 amide bonds. The Hall–Kier alpha value is -3.29. The van der Waals surface area contributed by atoms with Crippen LogP contribution in [0.2, 0.25) is 0 Å². The number of rotatable bonds is 6. The van der Waals surface area contributed by atoms with Crippen LogP contribution in [-0.2, 0) is 16.1 Å². The van der Waals surface area contributed by atoms with Gasteiger partial charge in [0.15, 0.2) is 18.1 Å². The van der Waals surface area contributed by atoms with Gasteiger partial charge in [0, 0.05) is 12.6 Å². The minimum atomic E-state index is -0.927. The van der Waals surface area contributed by atoms with Gasteiger partial charge in [-0.15, -0.1) is 0 Å². The van der Waals surface area contributed by atoms with Crippen LogP contribution in [0.15, 0.2) is 36.4 Å². The Labute approximate surface area is 148 Å². The minimum Gasteiger partial charge on any atom is -0.497 e. The van der Waals surface area contributed by atoms with Crippen LogP contribution in [0.25, 0.3) is 0 Å². The van der Waals surface area contributed by atoms with E-state index in [0.717, 1.165) is 11.6 Å². The number of benzene rings is 2. The predicted molar refractivity (Wildman–Crippen MR) is 87.6 cm³/mol. The molecule has 0 aliphatic carbocycles. The molecule has 136 valence electrons. The molecule has 26 heavy (non-hydrogen) atoms. The maximum Gasteiger partial charge on any atom is 0.341 e. The second-order valence-corrected chi connectivity index (χ2v) is 5.39. The van der Waals surface area contributed by atoms with Crippen molar-refractivity contribution >= 4 is 11.9 Å². The molecule has 0 saturated heterocycles. The van der Waals surface area contributed by atoms with Gasteiger partial charge >= 0.3 is 5.97 Å². The third-order valence-electron chi connectivity index (χ3n) is 3.66. The molecule has 7 nitrogen and oxygen atoms in total. The fourth-order valence-corrected chi connectivity index (χ4v) is 2.30. The summed E-state index contributed by atoms with van der Waals surface area (Å²) in [6.07, 6.45) is 0. The first-order chi connectivity index (χ1) is 12.6. The number of hydrogen-bond acceptors (Lipinski definition) is 6. The molecular formula is C18H16FNO6. The number of methoxy groups -OCH3 is 1. The number of halogens is 1. The first-order valence-corrected chi connectivity index (χ1v) is 7.72. The van der Waals surface area contributed by atoms with Crippen LogP contribution in [0.5, 0.6) is 17.2 Å². The predicted octanol–water partition coefficient (Wildman–Crippen LogP) is 2.04. The molecule has 2 aromatic carbocycles. The van der Waals surface area contributed by atoms with Crippen LogP contribution < -0.4 is 19.5 Å². The maximum atomic E-state index is 13.8. The van der Waals surface area contributed by atoms with Gasteiger partial charge in [0.25, 0.3) is 5.91 Å². The second kappa shape index (κ2) is 7.73. The molecule has 3 rings (SSSR count). The van der Waals surface area contributed by atoms with Crippen molar-refractivity contribution in [2.45, 2.75) is 6.54 Å². The van der Waals surface area contributed by atoms with Crippen LogP contribution in [0.4, 0.5) is 4.39 Å². The fourth-order valence-electron chi connectivity index (χ4n) is 2.30. The smallest absolute Gasteiger partial charge is 0.341 e. The number of ether oxygens (including phenoxy) is 4. The lowest BCUT2D eigenvalue weighted by Gasteiger charge is -2.08. The summed E-state index contributed by atoms with van der Waals surface area (Å²) in [5, 5.41) is 2.60. The van der Waals surface area contributed by atoms with E-state index in [0.29, 0.717) is 11.5 Å². The average molecular weight is 361 g/mol. The molecule has 0 aromatic heterocycles. The molecular weight excluding hydrogens is 345 g/mol. The maximum absolute atomic E-state index is 13.8. The highest BCUT2D eigenvalue weighted by Crippen LogP contribution is 2.32. The summed E-state index contributed by atoms with van der Waals surface area (Å²) >= 11 is 0. The minimum absolute atomic E-state index is 0.170. The number of fused-ring (bicyclic) bond motifs is 1. The second-order valence-electron chi connectivity index (χ2n) is 5.39. The standard InChI is InChI=1S/C18H16FNO6/c1-23-12-3-4-13(14(19)7-12)18(22)24-9-17(21)20-8-11-2-5-15-16(6-11)26-10-25-15/h2-7H,8-10H2,1H3,(H,20,21). The van der Waals surface area contributed by atoms with Crippen molar-refractivity contribution in [2.24, 2.45) is 0 Å². The number of hydrogen-bond donors (Lipinski definition) is 1. The largest absolute Gasteiger partial charge is 0.497 e. The molecule has 0 atom stereocenters. The van der Waals surface area contributed by atoms with E-state index in [1.165, 1.54) is 19.2 Å². The number of carbonyl (C=O) groups excluding carboxylic acids is 2. The Morgan fingerprint density at radius 1 is 1.15 bits per heavy atom. The van der Waals surface area contributed by atoms with Crippen molar-refractivity contribution in [2.75, 3.05) is 20.5 Å². The van der Waals surface area contributed by atoms with Crippen molar-refractivity contribution < 1.29 is 32.9 Å². The van der Waals surface area contributed by atoms with E-state index in [4.69, 9.17) is 18.9 Å². The van der Waals surface area contributed by atoms with E-state index in [1.54, 1.807) is 18.2 Å². The lowest BCUT2D eigenvalue weighted by molar-refractivity contribution is -0.124. The van der Waals surface area contributed by atoms with Crippen molar-refractivity contribution in [1.82, 2.24) is 5.32 Å². The molecule has 0 spiro atoms. The highest BCUT2D eigenvalue weighted by Gasteiger charge is 2.16. The quantitative estimate of drug-likeness (QED) is 0.793. The third kappa shape index (κ3) is 4.02. The zero-order valence-corrected chi connectivity index (χ0v) is 13.9. The first-order valence-electron chi connectivity index (χ1n) is 7.72. The lowest BCUT2D eigenvalue weighted by Crippen LogP contribution is -2.28. The molecule has 1 aliphatic heterocycles. The summed E-state index contributed by atoms with van der Waals surface area (Å²) in [7, 11) is 1.39. The number of nitrogens with one attached hydrogen (secondary N) is 1. The van der Waals surface area contributed by atoms with E-state index in [1.807, 2.05) is 0 Å². The Kier molecular flexibility index (Phi) is 5.21. The van der Waals surface area contributed by atoms with Crippen molar-refractivity contribution in [3.05, 3.63) is 53.3 Å².